The Morgan fingerprint density at radius 1 is 1.39 bits per heavy atom. The number of nitrogens with zero attached hydrogens (tertiary/aromatic N) is 3. The van der Waals surface area contributed by atoms with Gasteiger partial charge in [-0.1, -0.05) is 20.8 Å². The van der Waals surface area contributed by atoms with E-state index < -0.39 is 17.3 Å². The minimum atomic E-state index is -0.761. The molecular weight excluding hydrogens is 415 g/mol. The minimum absolute atomic E-state index is 0.155. The van der Waals surface area contributed by atoms with Crippen LogP contribution in [-0.2, 0) is 21.4 Å². The standard InChI is InChI=1S/C14H19IN4O4/c1-14(2,3)10(20)6-9(13(22)23-5)17-18-12(21)11-8(15)7-16-19(11)4/h7H,6H2,1-5H3,(H,18,21). The summed E-state index contributed by atoms with van der Waals surface area (Å²) in [6.07, 6.45) is 1.31. The molecule has 0 saturated heterocycles. The second-order valence-corrected chi connectivity index (χ2v) is 6.97. The highest BCUT2D eigenvalue weighted by molar-refractivity contribution is 14.1. The minimum Gasteiger partial charge on any atom is -0.464 e. The number of carbonyl (C=O) groups excluding carboxylic acids is 3. The maximum Gasteiger partial charge on any atom is 0.354 e. The number of nitrogens with one attached hydrogen (secondary N) is 1. The highest BCUT2D eigenvalue weighted by atomic mass is 127. The van der Waals surface area contributed by atoms with E-state index in [-0.39, 0.29) is 17.9 Å². The smallest absolute Gasteiger partial charge is 0.354 e. The SMILES string of the molecule is COC(=O)C(CC(=O)C(C)(C)C)=NNC(=O)c1c(I)cnn1C. The van der Waals surface area contributed by atoms with Crippen LogP contribution in [0.15, 0.2) is 11.3 Å². The van der Waals surface area contributed by atoms with Gasteiger partial charge >= 0.3 is 5.97 Å². The summed E-state index contributed by atoms with van der Waals surface area (Å²) in [6, 6.07) is 0. The van der Waals surface area contributed by atoms with Crippen molar-refractivity contribution in [2.45, 2.75) is 27.2 Å². The molecule has 0 spiro atoms. The number of rotatable bonds is 5. The first kappa shape index (κ1) is 19.3. The Labute approximate surface area is 147 Å². The normalized spacial score (nSPS) is 12.0. The highest BCUT2D eigenvalue weighted by Gasteiger charge is 2.26. The third-order valence-corrected chi connectivity index (χ3v) is 3.78. The lowest BCUT2D eigenvalue weighted by molar-refractivity contribution is -0.134. The molecule has 1 heterocycles. The van der Waals surface area contributed by atoms with Gasteiger partial charge in [0.1, 0.15) is 11.5 Å². The predicted octanol–water partition coefficient (Wildman–Crippen LogP) is 1.29. The van der Waals surface area contributed by atoms with Gasteiger partial charge in [0, 0.05) is 12.5 Å². The number of aryl methyl sites for hydroxylation is 1. The second kappa shape index (κ2) is 7.66. The molecule has 0 unspecified atom stereocenters. The van der Waals surface area contributed by atoms with Crippen molar-refractivity contribution >= 4 is 46.0 Å². The number of halogens is 1. The number of methoxy groups -OCH3 is 1. The third-order valence-electron chi connectivity index (χ3n) is 2.99. The average Bonchev–Trinajstić information content (AvgIpc) is 2.80. The van der Waals surface area contributed by atoms with E-state index in [1.165, 1.54) is 18.0 Å². The molecule has 0 aromatic carbocycles. The number of hydrazone groups is 1. The lowest BCUT2D eigenvalue weighted by Crippen LogP contribution is -2.30. The lowest BCUT2D eigenvalue weighted by atomic mass is 9.88. The number of ether oxygens (including phenoxy) is 1. The van der Waals surface area contributed by atoms with Gasteiger partial charge in [-0.2, -0.15) is 10.2 Å². The van der Waals surface area contributed by atoms with Crippen LogP contribution in [0.1, 0.15) is 37.7 Å². The molecule has 0 atom stereocenters. The molecule has 23 heavy (non-hydrogen) atoms. The fraction of sp³-hybridized carbons (Fsp3) is 0.500. The number of hydrogen-bond acceptors (Lipinski definition) is 6. The molecule has 0 aliphatic carbocycles. The summed E-state index contributed by atoms with van der Waals surface area (Å²) in [7, 11) is 2.80. The molecule has 0 fully saturated rings. The van der Waals surface area contributed by atoms with E-state index in [0.717, 1.165) is 0 Å². The van der Waals surface area contributed by atoms with E-state index in [9.17, 15) is 14.4 Å². The van der Waals surface area contributed by atoms with Gasteiger partial charge in [-0.15, -0.1) is 0 Å². The third kappa shape index (κ3) is 5.12. The average molecular weight is 434 g/mol. The van der Waals surface area contributed by atoms with Gasteiger partial charge in [-0.05, 0) is 22.6 Å². The van der Waals surface area contributed by atoms with Crippen molar-refractivity contribution in [1.82, 2.24) is 15.2 Å². The number of carbonyl (C=O) groups is 3. The summed E-state index contributed by atoms with van der Waals surface area (Å²) in [6.45, 7) is 5.21. The lowest BCUT2D eigenvalue weighted by Gasteiger charge is -2.16. The van der Waals surface area contributed by atoms with Crippen molar-refractivity contribution in [3.8, 4) is 0 Å². The maximum atomic E-state index is 12.1. The number of aromatic nitrogens is 2. The molecule has 1 N–H and O–H groups in total. The van der Waals surface area contributed by atoms with E-state index in [0.29, 0.717) is 9.26 Å². The Morgan fingerprint density at radius 2 is 2.00 bits per heavy atom. The zero-order chi connectivity index (χ0) is 17.8. The summed E-state index contributed by atoms with van der Waals surface area (Å²) >= 11 is 1.97. The molecule has 1 amide bonds. The quantitative estimate of drug-likeness (QED) is 0.326. The van der Waals surface area contributed by atoms with E-state index in [1.54, 1.807) is 27.8 Å². The monoisotopic (exact) mass is 434 g/mol. The molecular formula is C14H19IN4O4. The van der Waals surface area contributed by atoms with Crippen molar-refractivity contribution in [3.05, 3.63) is 15.5 Å². The summed E-state index contributed by atoms with van der Waals surface area (Å²) in [5.41, 5.74) is 1.79. The number of amides is 1. The Hall–Kier alpha value is -1.78. The van der Waals surface area contributed by atoms with Crippen molar-refractivity contribution in [3.63, 3.8) is 0 Å². The molecule has 126 valence electrons. The zero-order valence-electron chi connectivity index (χ0n) is 13.6. The Kier molecular flexibility index (Phi) is 6.42. The topological polar surface area (TPSA) is 103 Å². The fourth-order valence-electron chi connectivity index (χ4n) is 1.53. The van der Waals surface area contributed by atoms with Crippen LogP contribution in [0.3, 0.4) is 0 Å². The Balaban J connectivity index is 2.96. The summed E-state index contributed by atoms with van der Waals surface area (Å²) in [5.74, 6) is -1.48. The zero-order valence-corrected chi connectivity index (χ0v) is 15.8. The van der Waals surface area contributed by atoms with Crippen molar-refractivity contribution < 1.29 is 19.1 Å². The van der Waals surface area contributed by atoms with Crippen LogP contribution in [0.25, 0.3) is 0 Å². The van der Waals surface area contributed by atoms with Gasteiger partial charge in [0.2, 0.25) is 0 Å². The largest absolute Gasteiger partial charge is 0.464 e. The van der Waals surface area contributed by atoms with E-state index in [2.05, 4.69) is 20.4 Å². The molecule has 0 aliphatic rings. The molecule has 0 bridgehead atoms. The first-order valence-electron chi connectivity index (χ1n) is 6.74. The van der Waals surface area contributed by atoms with Crippen molar-refractivity contribution in [2.75, 3.05) is 7.11 Å². The van der Waals surface area contributed by atoms with Crippen LogP contribution in [0.5, 0.6) is 0 Å². The van der Waals surface area contributed by atoms with E-state index in [4.69, 9.17) is 0 Å². The highest BCUT2D eigenvalue weighted by Crippen LogP contribution is 2.17. The van der Waals surface area contributed by atoms with Gasteiger partial charge < -0.3 is 4.74 Å². The second-order valence-electron chi connectivity index (χ2n) is 5.81. The van der Waals surface area contributed by atoms with Crippen LogP contribution in [-0.4, -0.2) is 40.3 Å². The first-order valence-corrected chi connectivity index (χ1v) is 7.81. The van der Waals surface area contributed by atoms with Crippen LogP contribution in [0.2, 0.25) is 0 Å². The van der Waals surface area contributed by atoms with Crippen LogP contribution in [0, 0.1) is 8.99 Å². The number of Topliss-reactive ketones (excluding diaryl/α,β-unsaturated/α-hetero) is 1. The van der Waals surface area contributed by atoms with E-state index in [1.807, 2.05) is 22.6 Å². The molecule has 9 heteroatoms. The van der Waals surface area contributed by atoms with Crippen LogP contribution in [0.4, 0.5) is 0 Å². The fourth-order valence-corrected chi connectivity index (χ4v) is 2.25. The van der Waals surface area contributed by atoms with Crippen molar-refractivity contribution in [1.29, 1.82) is 0 Å². The number of esters is 1. The van der Waals surface area contributed by atoms with Crippen molar-refractivity contribution in [2.24, 2.45) is 17.6 Å². The number of ketones is 1. The molecule has 1 aromatic rings. The summed E-state index contributed by atoms with van der Waals surface area (Å²) in [4.78, 5) is 35.9. The molecule has 0 saturated carbocycles. The molecule has 1 rings (SSSR count). The molecule has 0 radical (unpaired) electrons. The van der Waals surface area contributed by atoms with Gasteiger partial charge in [-0.25, -0.2) is 10.2 Å². The maximum absolute atomic E-state index is 12.1. The van der Waals surface area contributed by atoms with Crippen LogP contribution >= 0.6 is 22.6 Å². The molecule has 1 aromatic heterocycles. The van der Waals surface area contributed by atoms with Gasteiger partial charge in [0.25, 0.3) is 5.91 Å². The van der Waals surface area contributed by atoms with Gasteiger partial charge in [0.15, 0.2) is 5.71 Å². The van der Waals surface area contributed by atoms with Crippen LogP contribution < -0.4 is 5.43 Å². The molecule has 0 aliphatic heterocycles. The first-order chi connectivity index (χ1) is 10.6. The molecule has 8 nitrogen and oxygen atoms in total. The van der Waals surface area contributed by atoms with Gasteiger partial charge in [-0.3, -0.25) is 14.3 Å². The Bertz CT molecular complexity index is 639. The predicted molar refractivity (Wildman–Crippen MR) is 91.9 cm³/mol. The van der Waals surface area contributed by atoms with E-state index >= 15 is 0 Å². The summed E-state index contributed by atoms with van der Waals surface area (Å²) < 4.78 is 6.64. The Morgan fingerprint density at radius 3 is 2.43 bits per heavy atom. The number of hydrogen-bond donors (Lipinski definition) is 1. The summed E-state index contributed by atoms with van der Waals surface area (Å²) in [5, 5.41) is 7.71. The van der Waals surface area contributed by atoms with Gasteiger partial charge in [0.05, 0.1) is 23.3 Å².